The monoisotopic (exact) mass is 270 g/mol. The molecule has 0 aliphatic rings. The average molecular weight is 270 g/mol. The lowest BCUT2D eigenvalue weighted by atomic mass is 10.2. The van der Waals surface area contributed by atoms with Crippen LogP contribution in [0.2, 0.25) is 0 Å². The van der Waals surface area contributed by atoms with Gasteiger partial charge in [-0.1, -0.05) is 6.08 Å². The molecule has 0 heterocycles. The Morgan fingerprint density at radius 3 is 3.00 bits per heavy atom. The molecular weight excluding hydrogens is 255 g/mol. The maximum atomic E-state index is 13.0. The second kappa shape index (κ2) is 7.84. The van der Waals surface area contributed by atoms with Gasteiger partial charge in [0.1, 0.15) is 5.82 Å². The van der Waals surface area contributed by atoms with Gasteiger partial charge in [0.15, 0.2) is 0 Å². The number of nitro benzene ring substituents is 1. The van der Waals surface area contributed by atoms with Crippen molar-refractivity contribution in [3.05, 3.63) is 52.3 Å². The van der Waals surface area contributed by atoms with E-state index in [0.717, 1.165) is 17.6 Å². The van der Waals surface area contributed by atoms with E-state index < -0.39 is 10.7 Å². The summed E-state index contributed by atoms with van der Waals surface area (Å²) in [5, 5.41) is 13.8. The van der Waals surface area contributed by atoms with Gasteiger partial charge in [-0.3, -0.25) is 10.1 Å². The summed E-state index contributed by atoms with van der Waals surface area (Å²) in [6.07, 6.45) is 1.82. The molecule has 98 valence electrons. The SMILES string of the molecule is C=CCSCCNCc1cc(F)ccc1[N+](=O)[O-]. The van der Waals surface area contributed by atoms with Gasteiger partial charge in [0, 0.05) is 36.2 Å². The molecule has 0 atom stereocenters. The fourth-order valence-electron chi connectivity index (χ4n) is 1.41. The molecule has 1 aromatic rings. The molecule has 0 aliphatic heterocycles. The largest absolute Gasteiger partial charge is 0.312 e. The van der Waals surface area contributed by atoms with Crippen molar-refractivity contribution in [2.45, 2.75) is 6.54 Å². The van der Waals surface area contributed by atoms with E-state index >= 15 is 0 Å². The van der Waals surface area contributed by atoms with Crippen LogP contribution in [0.1, 0.15) is 5.56 Å². The Labute approximate surface area is 109 Å². The number of thioether (sulfide) groups is 1. The van der Waals surface area contributed by atoms with Gasteiger partial charge in [-0.15, -0.1) is 6.58 Å². The molecular formula is C12H15FN2O2S. The van der Waals surface area contributed by atoms with Crippen LogP contribution in [0.3, 0.4) is 0 Å². The summed E-state index contributed by atoms with van der Waals surface area (Å²) in [5.74, 6) is 1.30. The van der Waals surface area contributed by atoms with Gasteiger partial charge in [-0.05, 0) is 12.1 Å². The summed E-state index contributed by atoms with van der Waals surface area (Å²) in [7, 11) is 0. The summed E-state index contributed by atoms with van der Waals surface area (Å²) in [5.41, 5.74) is 0.316. The van der Waals surface area contributed by atoms with Crippen LogP contribution in [0.5, 0.6) is 0 Å². The fourth-order valence-corrected chi connectivity index (χ4v) is 2.03. The molecule has 1 rings (SSSR count). The normalized spacial score (nSPS) is 10.3. The number of hydrogen-bond acceptors (Lipinski definition) is 4. The van der Waals surface area contributed by atoms with Gasteiger partial charge in [0.05, 0.1) is 4.92 Å². The molecule has 4 nitrogen and oxygen atoms in total. The summed E-state index contributed by atoms with van der Waals surface area (Å²) in [6.45, 7) is 4.62. The molecule has 6 heteroatoms. The highest BCUT2D eigenvalue weighted by Gasteiger charge is 2.13. The van der Waals surface area contributed by atoms with E-state index in [1.807, 2.05) is 6.08 Å². The van der Waals surface area contributed by atoms with Crippen LogP contribution in [-0.4, -0.2) is 23.0 Å². The fraction of sp³-hybridized carbons (Fsp3) is 0.333. The molecule has 0 unspecified atom stereocenters. The first-order chi connectivity index (χ1) is 8.65. The minimum absolute atomic E-state index is 0.0531. The van der Waals surface area contributed by atoms with Crippen molar-refractivity contribution in [3.63, 3.8) is 0 Å². The van der Waals surface area contributed by atoms with Gasteiger partial charge in [0.2, 0.25) is 0 Å². The van der Waals surface area contributed by atoms with Crippen LogP contribution < -0.4 is 5.32 Å². The molecule has 1 aromatic carbocycles. The van der Waals surface area contributed by atoms with Gasteiger partial charge < -0.3 is 5.32 Å². The van der Waals surface area contributed by atoms with Crippen LogP contribution in [0.4, 0.5) is 10.1 Å². The molecule has 0 saturated carbocycles. The zero-order chi connectivity index (χ0) is 13.4. The third-order valence-corrected chi connectivity index (χ3v) is 3.18. The van der Waals surface area contributed by atoms with Crippen molar-refractivity contribution >= 4 is 17.4 Å². The lowest BCUT2D eigenvalue weighted by Crippen LogP contribution is -2.17. The lowest BCUT2D eigenvalue weighted by Gasteiger charge is -2.05. The zero-order valence-corrected chi connectivity index (χ0v) is 10.7. The van der Waals surface area contributed by atoms with E-state index in [1.54, 1.807) is 11.8 Å². The number of halogens is 1. The number of rotatable bonds is 8. The van der Waals surface area contributed by atoms with Crippen molar-refractivity contribution in [1.82, 2.24) is 5.32 Å². The van der Waals surface area contributed by atoms with Crippen LogP contribution in [0.25, 0.3) is 0 Å². The van der Waals surface area contributed by atoms with Crippen LogP contribution in [0.15, 0.2) is 30.9 Å². The molecule has 0 aromatic heterocycles. The first-order valence-corrected chi connectivity index (χ1v) is 6.62. The van der Waals surface area contributed by atoms with Crippen molar-refractivity contribution < 1.29 is 9.31 Å². The molecule has 0 spiro atoms. The van der Waals surface area contributed by atoms with Crippen molar-refractivity contribution in [2.24, 2.45) is 0 Å². The molecule has 18 heavy (non-hydrogen) atoms. The van der Waals surface area contributed by atoms with Crippen LogP contribution in [0, 0.1) is 15.9 Å². The van der Waals surface area contributed by atoms with Crippen LogP contribution in [-0.2, 0) is 6.54 Å². The van der Waals surface area contributed by atoms with E-state index in [0.29, 0.717) is 18.7 Å². The summed E-state index contributed by atoms with van der Waals surface area (Å²) in [6, 6.07) is 3.49. The Balaban J connectivity index is 2.47. The van der Waals surface area contributed by atoms with Crippen molar-refractivity contribution in [3.8, 4) is 0 Å². The van der Waals surface area contributed by atoms with E-state index in [1.165, 1.54) is 12.1 Å². The Bertz CT molecular complexity index is 427. The van der Waals surface area contributed by atoms with Gasteiger partial charge in [-0.2, -0.15) is 11.8 Å². The Morgan fingerprint density at radius 2 is 2.33 bits per heavy atom. The maximum Gasteiger partial charge on any atom is 0.274 e. The van der Waals surface area contributed by atoms with E-state index in [2.05, 4.69) is 11.9 Å². The summed E-state index contributed by atoms with van der Waals surface area (Å²) >= 11 is 1.71. The topological polar surface area (TPSA) is 55.2 Å². The minimum Gasteiger partial charge on any atom is -0.312 e. The highest BCUT2D eigenvalue weighted by molar-refractivity contribution is 7.99. The maximum absolute atomic E-state index is 13.0. The number of nitrogens with one attached hydrogen (secondary N) is 1. The molecule has 0 radical (unpaired) electrons. The molecule has 0 aliphatic carbocycles. The standard InChI is InChI=1S/C12H15FN2O2S/c1-2-6-18-7-5-14-9-10-8-11(13)3-4-12(10)15(16)17/h2-4,8,14H,1,5-7,9H2. The lowest BCUT2D eigenvalue weighted by molar-refractivity contribution is -0.385. The van der Waals surface area contributed by atoms with E-state index in [9.17, 15) is 14.5 Å². The van der Waals surface area contributed by atoms with Gasteiger partial charge in [0.25, 0.3) is 5.69 Å². The smallest absolute Gasteiger partial charge is 0.274 e. The predicted molar refractivity (Wildman–Crippen MR) is 72.3 cm³/mol. The third-order valence-electron chi connectivity index (χ3n) is 2.21. The summed E-state index contributed by atoms with van der Waals surface area (Å²) in [4.78, 5) is 10.3. The Hall–Kier alpha value is -1.40. The second-order valence-corrected chi connectivity index (χ2v) is 4.72. The quantitative estimate of drug-likeness (QED) is 0.341. The Morgan fingerprint density at radius 1 is 1.56 bits per heavy atom. The minimum atomic E-state index is -0.497. The van der Waals surface area contributed by atoms with Gasteiger partial charge in [-0.25, -0.2) is 4.39 Å². The molecule has 0 bridgehead atoms. The first-order valence-electron chi connectivity index (χ1n) is 5.47. The molecule has 1 N–H and O–H groups in total. The van der Waals surface area contributed by atoms with Gasteiger partial charge >= 0.3 is 0 Å². The number of nitro groups is 1. The van der Waals surface area contributed by atoms with Crippen molar-refractivity contribution in [1.29, 1.82) is 0 Å². The van der Waals surface area contributed by atoms with Crippen LogP contribution >= 0.6 is 11.8 Å². The van der Waals surface area contributed by atoms with Crippen molar-refractivity contribution in [2.75, 3.05) is 18.1 Å². The van der Waals surface area contributed by atoms with E-state index in [-0.39, 0.29) is 5.69 Å². The highest BCUT2D eigenvalue weighted by Crippen LogP contribution is 2.19. The molecule has 0 amide bonds. The second-order valence-electron chi connectivity index (χ2n) is 3.57. The molecule has 0 fully saturated rings. The first kappa shape index (κ1) is 14.7. The third kappa shape index (κ3) is 4.85. The number of nitrogens with zero attached hydrogens (tertiary/aromatic N) is 1. The zero-order valence-electron chi connectivity index (χ0n) is 9.89. The number of benzene rings is 1. The van der Waals surface area contributed by atoms with E-state index in [4.69, 9.17) is 0 Å². The summed E-state index contributed by atoms with van der Waals surface area (Å²) < 4.78 is 13.0. The average Bonchev–Trinajstić information content (AvgIpc) is 2.33. The molecule has 0 saturated heterocycles. The Kier molecular flexibility index (Phi) is 6.38. The predicted octanol–water partition coefficient (Wildman–Crippen LogP) is 2.74. The highest BCUT2D eigenvalue weighted by atomic mass is 32.2. The number of hydrogen-bond donors (Lipinski definition) is 1.